The van der Waals surface area contributed by atoms with Gasteiger partial charge in [0.25, 0.3) is 0 Å². The highest BCUT2D eigenvalue weighted by Crippen LogP contribution is 2.43. The summed E-state index contributed by atoms with van der Waals surface area (Å²) in [6.45, 7) is 2.08. The standard InChI is InChI=1S/C21H23F2N5O2/c1-26-12-13(11-25-26)16-10-17-19(20(16)23)18(2-3-24-17)27-4-6-28(7-5-27)21(29)30-15-8-14(22)9-15/h2-3,11-12,14-15H,4-10H2,1H3. The molecule has 2 aliphatic carbocycles. The predicted molar refractivity (Wildman–Crippen MR) is 107 cm³/mol. The van der Waals surface area contributed by atoms with Gasteiger partial charge < -0.3 is 14.5 Å². The minimum Gasteiger partial charge on any atom is -0.446 e. The number of aromatic nitrogens is 3. The fraction of sp³-hybridized carbons (Fsp3) is 0.476. The topological polar surface area (TPSA) is 63.5 Å². The largest absolute Gasteiger partial charge is 0.446 e. The first-order valence-corrected chi connectivity index (χ1v) is 10.2. The molecule has 2 fully saturated rings. The first-order valence-electron chi connectivity index (χ1n) is 10.2. The molecule has 0 spiro atoms. The molecule has 5 rings (SSSR count). The van der Waals surface area contributed by atoms with Crippen LogP contribution in [0.5, 0.6) is 0 Å². The number of aryl methyl sites for hydroxylation is 1. The summed E-state index contributed by atoms with van der Waals surface area (Å²) in [5.41, 5.74) is 3.42. The van der Waals surface area contributed by atoms with Gasteiger partial charge >= 0.3 is 6.09 Å². The second-order valence-corrected chi connectivity index (χ2v) is 8.07. The Hall–Kier alpha value is -2.97. The Bertz CT molecular complexity index is 1010. The van der Waals surface area contributed by atoms with Gasteiger partial charge in [-0.15, -0.1) is 0 Å². The molecule has 7 nitrogen and oxygen atoms in total. The number of alkyl halides is 1. The smallest absolute Gasteiger partial charge is 0.410 e. The third-order valence-corrected chi connectivity index (χ3v) is 6.07. The lowest BCUT2D eigenvalue weighted by atomic mass is 9.94. The molecule has 9 heteroatoms. The Kier molecular flexibility index (Phi) is 4.67. The molecule has 1 saturated carbocycles. The van der Waals surface area contributed by atoms with Crippen LogP contribution >= 0.6 is 0 Å². The number of carbonyl (C=O) groups excluding carboxylic acids is 1. The molecule has 3 heterocycles. The minimum absolute atomic E-state index is 0.256. The van der Waals surface area contributed by atoms with Gasteiger partial charge in [-0.3, -0.25) is 9.67 Å². The van der Waals surface area contributed by atoms with E-state index in [1.807, 2.05) is 6.07 Å². The van der Waals surface area contributed by atoms with Crippen molar-refractivity contribution in [3.8, 4) is 0 Å². The molecule has 0 atom stereocenters. The maximum Gasteiger partial charge on any atom is 0.410 e. The van der Waals surface area contributed by atoms with E-state index in [4.69, 9.17) is 4.74 Å². The minimum atomic E-state index is -0.854. The lowest BCUT2D eigenvalue weighted by Crippen LogP contribution is -2.50. The van der Waals surface area contributed by atoms with Gasteiger partial charge in [-0.2, -0.15) is 5.10 Å². The summed E-state index contributed by atoms with van der Waals surface area (Å²) in [6, 6.07) is 1.83. The number of anilines is 1. The molecule has 1 saturated heterocycles. The molecule has 158 valence electrons. The number of amides is 1. The summed E-state index contributed by atoms with van der Waals surface area (Å²) in [5, 5.41) is 4.15. The number of allylic oxidation sites excluding steroid dienone is 1. The average Bonchev–Trinajstić information content (AvgIpc) is 3.30. The Morgan fingerprint density at radius 2 is 2.00 bits per heavy atom. The number of halogens is 2. The fourth-order valence-electron chi connectivity index (χ4n) is 4.28. The van der Waals surface area contributed by atoms with E-state index in [1.165, 1.54) is 0 Å². The van der Waals surface area contributed by atoms with Gasteiger partial charge in [-0.1, -0.05) is 0 Å². The van der Waals surface area contributed by atoms with Crippen molar-refractivity contribution in [2.75, 3.05) is 31.1 Å². The van der Waals surface area contributed by atoms with Crippen LogP contribution in [0.1, 0.15) is 29.7 Å². The van der Waals surface area contributed by atoms with E-state index in [1.54, 1.807) is 35.2 Å². The summed E-state index contributed by atoms with van der Waals surface area (Å²) in [4.78, 5) is 20.4. The molecule has 0 N–H and O–H groups in total. The molecule has 1 aliphatic heterocycles. The van der Waals surface area contributed by atoms with Crippen molar-refractivity contribution in [1.82, 2.24) is 19.7 Å². The summed E-state index contributed by atoms with van der Waals surface area (Å²) >= 11 is 0. The molecule has 0 unspecified atom stereocenters. The van der Waals surface area contributed by atoms with Crippen LogP contribution in [0.15, 0.2) is 24.7 Å². The molecule has 2 aromatic rings. The first kappa shape index (κ1) is 19.0. The number of pyridine rings is 1. The normalized spacial score (nSPS) is 23.4. The van der Waals surface area contributed by atoms with Crippen molar-refractivity contribution in [3.05, 3.63) is 41.5 Å². The van der Waals surface area contributed by atoms with E-state index in [0.29, 0.717) is 56.6 Å². The number of ether oxygens (including phenoxy) is 1. The van der Waals surface area contributed by atoms with Crippen LogP contribution in [0.3, 0.4) is 0 Å². The van der Waals surface area contributed by atoms with Crippen molar-refractivity contribution in [2.45, 2.75) is 31.5 Å². The molecule has 0 aromatic carbocycles. The lowest BCUT2D eigenvalue weighted by Gasteiger charge is -2.38. The highest BCUT2D eigenvalue weighted by Gasteiger charge is 2.35. The molecule has 30 heavy (non-hydrogen) atoms. The predicted octanol–water partition coefficient (Wildman–Crippen LogP) is 2.97. The number of rotatable bonds is 3. The molecule has 2 aromatic heterocycles. The first-order chi connectivity index (χ1) is 14.5. The van der Waals surface area contributed by atoms with Gasteiger partial charge in [0, 0.05) is 76.0 Å². The lowest BCUT2D eigenvalue weighted by molar-refractivity contribution is -0.0132. The van der Waals surface area contributed by atoms with Gasteiger partial charge in [0.05, 0.1) is 23.1 Å². The SMILES string of the molecule is Cn1cc(C2=C(F)c3c(N4CCN(C(=O)OC5CC(F)C5)CC4)ccnc3C2)cn1. The molecular weight excluding hydrogens is 392 g/mol. The molecule has 0 bridgehead atoms. The third-order valence-electron chi connectivity index (χ3n) is 6.07. The van der Waals surface area contributed by atoms with Gasteiger partial charge in [0.2, 0.25) is 0 Å². The highest BCUT2D eigenvalue weighted by atomic mass is 19.1. The Balaban J connectivity index is 1.30. The number of hydrogen-bond acceptors (Lipinski definition) is 5. The average molecular weight is 415 g/mol. The fourth-order valence-corrected chi connectivity index (χ4v) is 4.28. The van der Waals surface area contributed by atoms with E-state index in [2.05, 4.69) is 15.0 Å². The highest BCUT2D eigenvalue weighted by molar-refractivity contribution is 5.96. The number of piperazine rings is 1. The maximum atomic E-state index is 15.4. The zero-order chi connectivity index (χ0) is 20.8. The molecular formula is C21H23F2N5O2. The second-order valence-electron chi connectivity index (χ2n) is 8.07. The maximum absolute atomic E-state index is 15.4. The molecule has 0 radical (unpaired) electrons. The van der Waals surface area contributed by atoms with Crippen molar-refractivity contribution >= 4 is 23.2 Å². The zero-order valence-corrected chi connectivity index (χ0v) is 16.7. The van der Waals surface area contributed by atoms with E-state index >= 15 is 4.39 Å². The monoisotopic (exact) mass is 415 g/mol. The summed E-state index contributed by atoms with van der Waals surface area (Å²) in [6.07, 6.45) is 4.64. The summed E-state index contributed by atoms with van der Waals surface area (Å²) in [5.74, 6) is -0.256. The molecule has 1 amide bonds. The van der Waals surface area contributed by atoms with Crippen molar-refractivity contribution in [2.24, 2.45) is 7.05 Å². The quantitative estimate of drug-likeness (QED) is 0.771. The summed E-state index contributed by atoms with van der Waals surface area (Å²) < 4.78 is 35.3. The Labute approximate surface area is 172 Å². The van der Waals surface area contributed by atoms with Gasteiger partial charge in [-0.25, -0.2) is 13.6 Å². The zero-order valence-electron chi connectivity index (χ0n) is 16.7. The van der Waals surface area contributed by atoms with Crippen LogP contribution in [0, 0.1) is 0 Å². The van der Waals surface area contributed by atoms with Crippen LogP contribution < -0.4 is 4.90 Å². The van der Waals surface area contributed by atoms with Crippen molar-refractivity contribution in [3.63, 3.8) is 0 Å². The number of fused-ring (bicyclic) bond motifs is 1. The molecule has 3 aliphatic rings. The van der Waals surface area contributed by atoms with Gasteiger partial charge in [0.15, 0.2) is 0 Å². The Morgan fingerprint density at radius 3 is 2.67 bits per heavy atom. The number of hydrogen-bond donors (Lipinski definition) is 0. The van der Waals surface area contributed by atoms with E-state index in [0.717, 1.165) is 16.9 Å². The van der Waals surface area contributed by atoms with Crippen LogP contribution in [0.2, 0.25) is 0 Å². The van der Waals surface area contributed by atoms with Crippen LogP contribution in [0.4, 0.5) is 19.3 Å². The van der Waals surface area contributed by atoms with E-state index < -0.39 is 12.3 Å². The second kappa shape index (κ2) is 7.37. The van der Waals surface area contributed by atoms with E-state index in [9.17, 15) is 9.18 Å². The number of carbonyl (C=O) groups is 1. The van der Waals surface area contributed by atoms with Gasteiger partial charge in [0.1, 0.15) is 18.1 Å². The van der Waals surface area contributed by atoms with Crippen LogP contribution in [-0.4, -0.2) is 64.2 Å². The Morgan fingerprint density at radius 1 is 1.23 bits per heavy atom. The summed E-state index contributed by atoms with van der Waals surface area (Å²) in [7, 11) is 1.80. The van der Waals surface area contributed by atoms with E-state index in [-0.39, 0.29) is 11.9 Å². The van der Waals surface area contributed by atoms with Gasteiger partial charge in [-0.05, 0) is 6.07 Å². The number of nitrogens with zero attached hydrogens (tertiary/aromatic N) is 5. The third kappa shape index (κ3) is 3.32. The van der Waals surface area contributed by atoms with Crippen LogP contribution in [0.25, 0.3) is 11.4 Å². The van der Waals surface area contributed by atoms with Crippen molar-refractivity contribution in [1.29, 1.82) is 0 Å². The van der Waals surface area contributed by atoms with Crippen LogP contribution in [-0.2, 0) is 18.2 Å². The van der Waals surface area contributed by atoms with Crippen molar-refractivity contribution < 1.29 is 18.3 Å².